The third kappa shape index (κ3) is 4.84. The van der Waals surface area contributed by atoms with Crippen LogP contribution in [0.25, 0.3) is 5.69 Å². The number of benzene rings is 2. The predicted molar refractivity (Wildman–Crippen MR) is 124 cm³/mol. The minimum atomic E-state index is -0.398. The largest absolute Gasteiger partial charge is 0.340 e. The van der Waals surface area contributed by atoms with E-state index in [1.54, 1.807) is 61.1 Å². The molecule has 4 rings (SSSR count). The van der Waals surface area contributed by atoms with Crippen molar-refractivity contribution in [3.8, 4) is 5.69 Å². The quantitative estimate of drug-likeness (QED) is 0.280. The van der Waals surface area contributed by atoms with Gasteiger partial charge in [0.25, 0.3) is 5.91 Å². The second kappa shape index (κ2) is 9.03. The fraction of sp³-hybridized carbons (Fsp3) is 0.0417. The van der Waals surface area contributed by atoms with Crippen LogP contribution < -0.4 is 10.6 Å². The summed E-state index contributed by atoms with van der Waals surface area (Å²) in [5, 5.41) is 14.3. The first-order valence-electron chi connectivity index (χ1n) is 9.72. The zero-order valence-corrected chi connectivity index (χ0v) is 17.8. The molecule has 0 aliphatic heterocycles. The Balaban J connectivity index is 1.51. The van der Waals surface area contributed by atoms with Crippen molar-refractivity contribution in [1.29, 1.82) is 5.41 Å². The van der Waals surface area contributed by atoms with E-state index < -0.39 is 5.91 Å². The van der Waals surface area contributed by atoms with Gasteiger partial charge in [0, 0.05) is 40.9 Å². The molecule has 0 atom stereocenters. The standard InChI is InChI=1S/C24H19ClFN5O/c1-15-13-28-22(29-20-7-5-19(26)6-8-20)12-21(15)31-10-9-17(14-31)24(32)30-23(27)16-3-2-4-18(25)11-16/h2-14H,1H3,(H,28,29)(H2,27,30,32). The molecule has 0 bridgehead atoms. The van der Waals surface area contributed by atoms with E-state index in [2.05, 4.69) is 15.6 Å². The lowest BCUT2D eigenvalue weighted by Gasteiger charge is -2.11. The van der Waals surface area contributed by atoms with Crippen LogP contribution in [0.15, 0.2) is 79.3 Å². The Morgan fingerprint density at radius 2 is 1.88 bits per heavy atom. The summed E-state index contributed by atoms with van der Waals surface area (Å²) in [6.45, 7) is 1.92. The summed E-state index contributed by atoms with van der Waals surface area (Å²) in [4.78, 5) is 17.0. The van der Waals surface area contributed by atoms with Gasteiger partial charge in [-0.1, -0.05) is 23.7 Å². The molecule has 0 fully saturated rings. The predicted octanol–water partition coefficient (Wildman–Crippen LogP) is 5.47. The van der Waals surface area contributed by atoms with E-state index in [1.807, 2.05) is 17.6 Å². The van der Waals surface area contributed by atoms with E-state index in [0.717, 1.165) is 11.3 Å². The van der Waals surface area contributed by atoms with Crippen molar-refractivity contribution in [3.05, 3.63) is 107 Å². The molecule has 3 N–H and O–H groups in total. The van der Waals surface area contributed by atoms with Gasteiger partial charge in [-0.05, 0) is 55.0 Å². The summed E-state index contributed by atoms with van der Waals surface area (Å²) in [6.07, 6.45) is 5.17. The number of rotatable bonds is 5. The number of pyridine rings is 1. The normalized spacial score (nSPS) is 10.6. The van der Waals surface area contributed by atoms with Crippen molar-refractivity contribution in [2.45, 2.75) is 6.92 Å². The van der Waals surface area contributed by atoms with E-state index in [4.69, 9.17) is 17.0 Å². The number of aromatic nitrogens is 2. The van der Waals surface area contributed by atoms with Crippen LogP contribution >= 0.6 is 11.6 Å². The molecule has 0 unspecified atom stereocenters. The fourth-order valence-electron chi connectivity index (χ4n) is 3.12. The number of carbonyl (C=O) groups is 1. The van der Waals surface area contributed by atoms with Crippen molar-refractivity contribution in [2.24, 2.45) is 0 Å². The number of halogens is 2. The van der Waals surface area contributed by atoms with Gasteiger partial charge < -0.3 is 15.2 Å². The van der Waals surface area contributed by atoms with Crippen molar-refractivity contribution in [3.63, 3.8) is 0 Å². The number of anilines is 2. The minimum absolute atomic E-state index is 0.0314. The Kier molecular flexibility index (Phi) is 6.00. The SMILES string of the molecule is Cc1cnc(Nc2ccc(F)cc2)cc1-n1ccc(C(=O)NC(=N)c2cccc(Cl)c2)c1. The molecule has 6 nitrogen and oxygen atoms in total. The van der Waals surface area contributed by atoms with E-state index >= 15 is 0 Å². The van der Waals surface area contributed by atoms with Crippen LogP contribution in [0.2, 0.25) is 5.02 Å². The van der Waals surface area contributed by atoms with Crippen molar-refractivity contribution in [1.82, 2.24) is 14.9 Å². The molecule has 32 heavy (non-hydrogen) atoms. The molecule has 1 amide bonds. The molecule has 8 heteroatoms. The molecule has 2 aromatic heterocycles. The van der Waals surface area contributed by atoms with Gasteiger partial charge in [-0.3, -0.25) is 10.2 Å². The maximum Gasteiger partial charge on any atom is 0.258 e. The van der Waals surface area contributed by atoms with E-state index in [1.165, 1.54) is 12.1 Å². The van der Waals surface area contributed by atoms with Crippen molar-refractivity contribution < 1.29 is 9.18 Å². The third-order valence-electron chi connectivity index (χ3n) is 4.78. The van der Waals surface area contributed by atoms with Crippen LogP contribution in [-0.4, -0.2) is 21.3 Å². The summed E-state index contributed by atoms with van der Waals surface area (Å²) in [5.74, 6) is -0.157. The molecule has 2 aromatic carbocycles. The molecule has 2 heterocycles. The Morgan fingerprint density at radius 1 is 1.09 bits per heavy atom. The maximum absolute atomic E-state index is 13.1. The molecule has 0 saturated carbocycles. The molecule has 0 radical (unpaired) electrons. The van der Waals surface area contributed by atoms with Crippen molar-refractivity contribution in [2.75, 3.05) is 5.32 Å². The molecule has 0 saturated heterocycles. The molecule has 0 spiro atoms. The van der Waals surface area contributed by atoms with Crippen LogP contribution in [0.4, 0.5) is 15.9 Å². The number of aryl methyl sites for hydroxylation is 1. The number of amidine groups is 1. The van der Waals surface area contributed by atoms with Gasteiger partial charge in [-0.15, -0.1) is 0 Å². The topological polar surface area (TPSA) is 82.8 Å². The smallest absolute Gasteiger partial charge is 0.258 e. The second-order valence-electron chi connectivity index (χ2n) is 7.13. The van der Waals surface area contributed by atoms with Gasteiger partial charge in [-0.25, -0.2) is 9.37 Å². The molecular formula is C24H19ClFN5O. The number of amides is 1. The zero-order valence-electron chi connectivity index (χ0n) is 17.1. The highest BCUT2D eigenvalue weighted by Gasteiger charge is 2.13. The first kappa shape index (κ1) is 21.3. The highest BCUT2D eigenvalue weighted by Crippen LogP contribution is 2.21. The fourth-order valence-corrected chi connectivity index (χ4v) is 3.31. The van der Waals surface area contributed by atoms with Crippen LogP contribution in [0, 0.1) is 18.2 Å². The second-order valence-corrected chi connectivity index (χ2v) is 7.57. The summed E-state index contributed by atoms with van der Waals surface area (Å²) in [7, 11) is 0. The van der Waals surface area contributed by atoms with Crippen LogP contribution in [0.5, 0.6) is 0 Å². The first-order chi connectivity index (χ1) is 15.4. The number of nitrogens with zero attached hydrogens (tertiary/aromatic N) is 2. The number of hydrogen-bond acceptors (Lipinski definition) is 4. The Morgan fingerprint density at radius 3 is 2.62 bits per heavy atom. The van der Waals surface area contributed by atoms with Gasteiger partial charge in [0.05, 0.1) is 11.3 Å². The first-order valence-corrected chi connectivity index (χ1v) is 10.1. The lowest BCUT2D eigenvalue weighted by Crippen LogP contribution is -2.30. The van der Waals surface area contributed by atoms with E-state index in [-0.39, 0.29) is 11.7 Å². The van der Waals surface area contributed by atoms with E-state index in [9.17, 15) is 9.18 Å². The monoisotopic (exact) mass is 447 g/mol. The van der Waals surface area contributed by atoms with Crippen molar-refractivity contribution >= 4 is 34.8 Å². The average Bonchev–Trinajstić information content (AvgIpc) is 3.27. The summed E-state index contributed by atoms with van der Waals surface area (Å²) >= 11 is 5.96. The molecular weight excluding hydrogens is 429 g/mol. The third-order valence-corrected chi connectivity index (χ3v) is 5.01. The van der Waals surface area contributed by atoms with Gasteiger partial charge in [-0.2, -0.15) is 0 Å². The van der Waals surface area contributed by atoms with Gasteiger partial charge >= 0.3 is 0 Å². The van der Waals surface area contributed by atoms with Crippen LogP contribution in [0.1, 0.15) is 21.5 Å². The Bertz CT molecular complexity index is 1300. The zero-order chi connectivity index (χ0) is 22.7. The number of hydrogen-bond donors (Lipinski definition) is 3. The average molecular weight is 448 g/mol. The Labute approximate surface area is 189 Å². The Hall–Kier alpha value is -3.97. The maximum atomic E-state index is 13.1. The van der Waals surface area contributed by atoms with Gasteiger partial charge in [0.15, 0.2) is 0 Å². The molecule has 160 valence electrons. The van der Waals surface area contributed by atoms with Gasteiger partial charge in [0.2, 0.25) is 0 Å². The lowest BCUT2D eigenvalue weighted by atomic mass is 10.2. The lowest BCUT2D eigenvalue weighted by molar-refractivity contribution is 0.0977. The summed E-state index contributed by atoms with van der Waals surface area (Å²) < 4.78 is 14.9. The molecule has 4 aromatic rings. The highest BCUT2D eigenvalue weighted by molar-refractivity contribution is 6.31. The summed E-state index contributed by atoms with van der Waals surface area (Å²) in [6, 6.07) is 16.3. The number of nitrogens with one attached hydrogen (secondary N) is 3. The highest BCUT2D eigenvalue weighted by atomic mass is 35.5. The van der Waals surface area contributed by atoms with E-state index in [0.29, 0.717) is 27.7 Å². The van der Waals surface area contributed by atoms with Gasteiger partial charge in [0.1, 0.15) is 17.5 Å². The van der Waals surface area contributed by atoms with Crippen LogP contribution in [-0.2, 0) is 0 Å². The molecule has 0 aliphatic rings. The van der Waals surface area contributed by atoms with Crippen LogP contribution in [0.3, 0.4) is 0 Å². The summed E-state index contributed by atoms with van der Waals surface area (Å²) in [5.41, 5.74) is 3.37. The number of carbonyl (C=O) groups excluding carboxylic acids is 1. The minimum Gasteiger partial charge on any atom is -0.340 e. The molecule has 0 aliphatic carbocycles.